The van der Waals surface area contributed by atoms with Gasteiger partial charge in [0.15, 0.2) is 23.3 Å². The normalized spacial score (nSPS) is 17.0. The van der Waals surface area contributed by atoms with Crippen LogP contribution in [0, 0.1) is 29.1 Å². The third kappa shape index (κ3) is 2.99. The molecule has 1 saturated heterocycles. The predicted molar refractivity (Wildman–Crippen MR) is 64.2 cm³/mol. The lowest BCUT2D eigenvalue weighted by molar-refractivity contribution is 0.0905. The predicted octanol–water partition coefficient (Wildman–Crippen LogP) is 2.21. The topological polar surface area (TPSA) is 32.3 Å². The van der Waals surface area contributed by atoms with E-state index in [4.69, 9.17) is 0 Å². The standard InChI is InChI=1S/C13H13F5N2O/c1-20-4-2-6(3-5-20)19-13(21)7-8(14)10(16)12(18)11(17)9(7)15/h6H,2-5H2,1H3,(H,19,21). The van der Waals surface area contributed by atoms with E-state index in [9.17, 15) is 26.7 Å². The molecule has 1 fully saturated rings. The van der Waals surface area contributed by atoms with Crippen LogP contribution in [0.2, 0.25) is 0 Å². The van der Waals surface area contributed by atoms with Gasteiger partial charge in [0.2, 0.25) is 5.82 Å². The van der Waals surface area contributed by atoms with Gasteiger partial charge in [0.25, 0.3) is 5.91 Å². The molecule has 1 aromatic carbocycles. The van der Waals surface area contributed by atoms with Gasteiger partial charge in [-0.1, -0.05) is 0 Å². The molecule has 0 spiro atoms. The van der Waals surface area contributed by atoms with Gasteiger partial charge in [0.05, 0.1) is 0 Å². The van der Waals surface area contributed by atoms with Gasteiger partial charge in [0, 0.05) is 6.04 Å². The van der Waals surface area contributed by atoms with Crippen LogP contribution in [0.5, 0.6) is 0 Å². The first-order chi connectivity index (χ1) is 9.82. The minimum Gasteiger partial charge on any atom is -0.349 e. The third-order valence-corrected chi connectivity index (χ3v) is 3.49. The molecule has 0 aliphatic carbocycles. The highest BCUT2D eigenvalue weighted by atomic mass is 19.2. The number of benzene rings is 1. The number of rotatable bonds is 2. The van der Waals surface area contributed by atoms with Crippen LogP contribution in [0.3, 0.4) is 0 Å². The zero-order valence-electron chi connectivity index (χ0n) is 11.2. The van der Waals surface area contributed by atoms with Crippen molar-refractivity contribution < 1.29 is 26.7 Å². The lowest BCUT2D eigenvalue weighted by atomic mass is 10.0. The molecule has 0 radical (unpaired) electrons. The maximum Gasteiger partial charge on any atom is 0.257 e. The van der Waals surface area contributed by atoms with Crippen molar-refractivity contribution in [3.63, 3.8) is 0 Å². The summed E-state index contributed by atoms with van der Waals surface area (Å²) in [6.07, 6.45) is 1.08. The maximum atomic E-state index is 13.5. The van der Waals surface area contributed by atoms with Gasteiger partial charge in [-0.15, -0.1) is 0 Å². The van der Waals surface area contributed by atoms with Crippen LogP contribution in [0.25, 0.3) is 0 Å². The summed E-state index contributed by atoms with van der Waals surface area (Å²) in [4.78, 5) is 13.8. The minimum absolute atomic E-state index is 0.358. The van der Waals surface area contributed by atoms with Crippen molar-refractivity contribution in [1.82, 2.24) is 10.2 Å². The number of hydrogen-bond acceptors (Lipinski definition) is 2. The van der Waals surface area contributed by atoms with Gasteiger partial charge < -0.3 is 10.2 Å². The Morgan fingerprint density at radius 3 is 1.86 bits per heavy atom. The Bertz CT molecular complexity index is 541. The van der Waals surface area contributed by atoms with Crippen molar-refractivity contribution >= 4 is 5.91 Å². The van der Waals surface area contributed by atoms with Crippen molar-refractivity contribution in [1.29, 1.82) is 0 Å². The molecular weight excluding hydrogens is 295 g/mol. The fraction of sp³-hybridized carbons (Fsp3) is 0.462. The van der Waals surface area contributed by atoms with Crippen molar-refractivity contribution in [2.24, 2.45) is 0 Å². The van der Waals surface area contributed by atoms with Gasteiger partial charge in [0.1, 0.15) is 5.56 Å². The molecule has 0 bridgehead atoms. The molecular formula is C13H13F5N2O. The highest BCUT2D eigenvalue weighted by molar-refractivity contribution is 5.95. The van der Waals surface area contributed by atoms with Gasteiger partial charge in [-0.2, -0.15) is 0 Å². The molecule has 1 aliphatic rings. The Labute approximate surface area is 117 Å². The van der Waals surface area contributed by atoms with Crippen LogP contribution < -0.4 is 5.32 Å². The van der Waals surface area contributed by atoms with Crippen LogP contribution in [0.1, 0.15) is 23.2 Å². The van der Waals surface area contributed by atoms with E-state index in [1.54, 1.807) is 0 Å². The molecule has 2 rings (SSSR count). The number of piperidine rings is 1. The van der Waals surface area contributed by atoms with E-state index in [1.807, 2.05) is 11.9 Å². The minimum atomic E-state index is -2.28. The Hall–Kier alpha value is -1.70. The molecule has 0 aromatic heterocycles. The van der Waals surface area contributed by atoms with Gasteiger partial charge in [-0.25, -0.2) is 22.0 Å². The second-order valence-electron chi connectivity index (χ2n) is 5.00. The third-order valence-electron chi connectivity index (χ3n) is 3.49. The Morgan fingerprint density at radius 1 is 0.952 bits per heavy atom. The number of amides is 1. The molecule has 1 heterocycles. The van der Waals surface area contributed by atoms with E-state index in [2.05, 4.69) is 5.32 Å². The first kappa shape index (κ1) is 15.7. The van der Waals surface area contributed by atoms with Crippen LogP contribution >= 0.6 is 0 Å². The summed E-state index contributed by atoms with van der Waals surface area (Å²) in [6, 6.07) is -0.358. The number of likely N-dealkylation sites (tertiary alicyclic amines) is 1. The fourth-order valence-electron chi connectivity index (χ4n) is 2.21. The van der Waals surface area contributed by atoms with Crippen LogP contribution in [-0.2, 0) is 0 Å². The summed E-state index contributed by atoms with van der Waals surface area (Å²) in [5.74, 6) is -12.0. The lowest BCUT2D eigenvalue weighted by Gasteiger charge is -2.29. The summed E-state index contributed by atoms with van der Waals surface area (Å²) in [6.45, 7) is 1.34. The number of carbonyl (C=O) groups excluding carboxylic acids is 1. The first-order valence-electron chi connectivity index (χ1n) is 6.33. The lowest BCUT2D eigenvalue weighted by Crippen LogP contribution is -2.44. The van der Waals surface area contributed by atoms with Crippen molar-refractivity contribution in [3.8, 4) is 0 Å². The molecule has 3 nitrogen and oxygen atoms in total. The van der Waals surface area contributed by atoms with Crippen molar-refractivity contribution in [2.75, 3.05) is 20.1 Å². The average Bonchev–Trinajstić information content (AvgIpc) is 2.46. The van der Waals surface area contributed by atoms with E-state index in [0.717, 1.165) is 0 Å². The monoisotopic (exact) mass is 308 g/mol. The quantitative estimate of drug-likeness (QED) is 0.516. The second-order valence-corrected chi connectivity index (χ2v) is 5.00. The van der Waals surface area contributed by atoms with Gasteiger partial charge >= 0.3 is 0 Å². The smallest absolute Gasteiger partial charge is 0.257 e. The molecule has 0 atom stereocenters. The summed E-state index contributed by atoms with van der Waals surface area (Å²) < 4.78 is 65.9. The first-order valence-corrected chi connectivity index (χ1v) is 6.33. The molecule has 1 aliphatic heterocycles. The molecule has 0 saturated carbocycles. The van der Waals surface area contributed by atoms with Gasteiger partial charge in [-0.3, -0.25) is 4.79 Å². The fourth-order valence-corrected chi connectivity index (χ4v) is 2.21. The van der Waals surface area contributed by atoms with Crippen LogP contribution in [0.4, 0.5) is 22.0 Å². The van der Waals surface area contributed by atoms with Gasteiger partial charge in [-0.05, 0) is 33.0 Å². The molecule has 8 heteroatoms. The summed E-state index contributed by atoms with van der Waals surface area (Å²) >= 11 is 0. The summed E-state index contributed by atoms with van der Waals surface area (Å²) in [5, 5.41) is 2.31. The Balaban J connectivity index is 2.24. The summed E-state index contributed by atoms with van der Waals surface area (Å²) in [7, 11) is 1.88. The van der Waals surface area contributed by atoms with Crippen molar-refractivity contribution in [2.45, 2.75) is 18.9 Å². The number of nitrogens with one attached hydrogen (secondary N) is 1. The zero-order valence-corrected chi connectivity index (χ0v) is 11.2. The molecule has 21 heavy (non-hydrogen) atoms. The Kier molecular flexibility index (Phi) is 4.46. The highest BCUT2D eigenvalue weighted by Crippen LogP contribution is 2.23. The van der Waals surface area contributed by atoms with E-state index >= 15 is 0 Å². The van der Waals surface area contributed by atoms with E-state index in [0.29, 0.717) is 25.9 Å². The summed E-state index contributed by atoms with van der Waals surface area (Å²) in [5.41, 5.74) is -1.44. The number of halogens is 5. The molecule has 116 valence electrons. The largest absolute Gasteiger partial charge is 0.349 e. The van der Waals surface area contributed by atoms with Crippen LogP contribution in [-0.4, -0.2) is 37.0 Å². The number of nitrogens with zero attached hydrogens (tertiary/aromatic N) is 1. The van der Waals surface area contributed by atoms with Crippen LogP contribution in [0.15, 0.2) is 0 Å². The second kappa shape index (κ2) is 5.97. The van der Waals surface area contributed by atoms with Crippen molar-refractivity contribution in [3.05, 3.63) is 34.6 Å². The number of carbonyl (C=O) groups is 1. The molecule has 0 unspecified atom stereocenters. The number of hydrogen-bond donors (Lipinski definition) is 1. The zero-order chi connectivity index (χ0) is 15.7. The SMILES string of the molecule is CN1CCC(NC(=O)c2c(F)c(F)c(F)c(F)c2F)CC1. The average molecular weight is 308 g/mol. The Morgan fingerprint density at radius 2 is 1.38 bits per heavy atom. The molecule has 1 amide bonds. The van der Waals surface area contributed by atoms with E-state index < -0.39 is 40.6 Å². The van der Waals surface area contributed by atoms with E-state index in [1.165, 1.54) is 0 Å². The molecule has 1 aromatic rings. The maximum absolute atomic E-state index is 13.5. The molecule has 1 N–H and O–H groups in total. The highest BCUT2D eigenvalue weighted by Gasteiger charge is 2.31. The van der Waals surface area contributed by atoms with E-state index in [-0.39, 0.29) is 6.04 Å².